The van der Waals surface area contributed by atoms with E-state index in [1.165, 1.54) is 19.2 Å². The number of nitrogens with two attached hydrogens (primary N) is 1. The molecule has 39 heavy (non-hydrogen) atoms. The highest BCUT2D eigenvalue weighted by Crippen LogP contribution is 2.32. The summed E-state index contributed by atoms with van der Waals surface area (Å²) in [6.07, 6.45) is 1.41. The molecular weight excluding hydrogens is 506 g/mol. The maximum Gasteiger partial charge on any atom is 0.508 e. The predicted molar refractivity (Wildman–Crippen MR) is 145 cm³/mol. The first kappa shape index (κ1) is 33.9. The molecule has 0 aliphatic heterocycles. The molecule has 0 aliphatic carbocycles. The molecule has 0 spiro atoms. The quantitative estimate of drug-likeness (QED) is 0.217. The topological polar surface area (TPSA) is 140 Å². The summed E-state index contributed by atoms with van der Waals surface area (Å²) in [5, 5.41) is 0. The molecule has 1 aromatic carbocycles. The molecule has 2 unspecified atom stereocenters. The number of esters is 3. The molecule has 2 N–H and O–H groups in total. The molecule has 0 amide bonds. The minimum atomic E-state index is -1.56. The Labute approximate surface area is 231 Å². The highest BCUT2D eigenvalue weighted by Gasteiger charge is 2.36. The Bertz CT molecular complexity index is 964. The van der Waals surface area contributed by atoms with E-state index in [-0.39, 0.29) is 61.7 Å². The van der Waals surface area contributed by atoms with Gasteiger partial charge in [0, 0.05) is 25.7 Å². The average Bonchev–Trinajstić information content (AvgIpc) is 2.89. The molecule has 0 bridgehead atoms. The largest absolute Gasteiger partial charge is 0.508 e. The van der Waals surface area contributed by atoms with Gasteiger partial charge in [-0.2, -0.15) is 0 Å². The fourth-order valence-corrected chi connectivity index (χ4v) is 3.44. The van der Waals surface area contributed by atoms with E-state index in [0.717, 1.165) is 12.8 Å². The summed E-state index contributed by atoms with van der Waals surface area (Å²) in [5.74, 6) is -1.22. The second kappa shape index (κ2) is 16.7. The molecule has 1 rings (SSSR count). The minimum Gasteiger partial charge on any atom is -0.468 e. The van der Waals surface area contributed by atoms with E-state index in [9.17, 15) is 19.2 Å². The third-order valence-electron chi connectivity index (χ3n) is 6.63. The Morgan fingerprint density at radius 3 is 1.95 bits per heavy atom. The van der Waals surface area contributed by atoms with Crippen molar-refractivity contribution in [3.05, 3.63) is 23.8 Å². The van der Waals surface area contributed by atoms with Crippen LogP contribution in [0.5, 0.6) is 11.5 Å². The second-order valence-corrected chi connectivity index (χ2v) is 10.2. The van der Waals surface area contributed by atoms with Gasteiger partial charge in [-0.3, -0.25) is 14.4 Å². The van der Waals surface area contributed by atoms with Gasteiger partial charge >= 0.3 is 24.1 Å². The molecular formula is C29H45NO9. The normalized spacial score (nSPS) is 14.8. The number of hydrogen-bond acceptors (Lipinski definition) is 10. The zero-order valence-corrected chi connectivity index (χ0v) is 24.4. The lowest BCUT2D eigenvalue weighted by molar-refractivity contribution is -0.148. The van der Waals surface area contributed by atoms with Gasteiger partial charge in [-0.1, -0.05) is 53.5 Å². The van der Waals surface area contributed by atoms with Crippen molar-refractivity contribution < 1.29 is 42.9 Å². The molecule has 0 fully saturated rings. The number of ether oxygens (including phenoxy) is 5. The van der Waals surface area contributed by atoms with Crippen LogP contribution in [0.2, 0.25) is 0 Å². The van der Waals surface area contributed by atoms with Crippen LogP contribution >= 0.6 is 0 Å². The molecule has 0 heterocycles. The molecule has 0 aliphatic rings. The fraction of sp³-hybridized carbons (Fsp3) is 0.655. The highest BCUT2D eigenvalue weighted by atomic mass is 16.7. The van der Waals surface area contributed by atoms with E-state index in [0.29, 0.717) is 12.0 Å². The molecule has 10 nitrogen and oxygen atoms in total. The first-order valence-electron chi connectivity index (χ1n) is 13.6. The second-order valence-electron chi connectivity index (χ2n) is 10.2. The zero-order valence-electron chi connectivity index (χ0n) is 24.4. The van der Waals surface area contributed by atoms with Crippen LogP contribution in [-0.2, 0) is 35.0 Å². The Hall–Kier alpha value is -3.14. The number of hydrogen-bond donors (Lipinski definition) is 1. The summed E-state index contributed by atoms with van der Waals surface area (Å²) in [6.45, 7) is 11.3. The van der Waals surface area contributed by atoms with Crippen LogP contribution in [0, 0.1) is 11.8 Å². The van der Waals surface area contributed by atoms with Gasteiger partial charge in [0.15, 0.2) is 11.5 Å². The predicted octanol–water partition coefficient (Wildman–Crippen LogP) is 5.12. The number of benzene rings is 1. The van der Waals surface area contributed by atoms with E-state index < -0.39 is 29.6 Å². The summed E-state index contributed by atoms with van der Waals surface area (Å²) >= 11 is 0. The SMILES string of the molecule is CCC(C)CC(=O)Oc1ccc(C[C@](N)(CCOC(=O)O[C@@H](C)CC)C(=O)OC)cc1OC(=O)CC(C)CC. The highest BCUT2D eigenvalue weighted by molar-refractivity contribution is 5.81. The van der Waals surface area contributed by atoms with Gasteiger partial charge in [0.05, 0.1) is 13.7 Å². The zero-order chi connectivity index (χ0) is 29.6. The number of carbonyl (C=O) groups is 4. The van der Waals surface area contributed by atoms with Gasteiger partial charge in [-0.05, 0) is 42.9 Å². The molecule has 0 saturated heterocycles. The van der Waals surface area contributed by atoms with E-state index in [2.05, 4.69) is 0 Å². The first-order valence-corrected chi connectivity index (χ1v) is 13.6. The molecule has 0 saturated carbocycles. The maximum absolute atomic E-state index is 12.6. The third kappa shape index (κ3) is 12.1. The van der Waals surface area contributed by atoms with Crippen LogP contribution in [0.1, 0.15) is 85.6 Å². The lowest BCUT2D eigenvalue weighted by Gasteiger charge is -2.27. The van der Waals surface area contributed by atoms with Crippen molar-refractivity contribution >= 4 is 24.1 Å². The Kier molecular flexibility index (Phi) is 14.5. The Morgan fingerprint density at radius 2 is 1.44 bits per heavy atom. The molecule has 0 radical (unpaired) electrons. The summed E-state index contributed by atoms with van der Waals surface area (Å²) < 4.78 is 26.2. The van der Waals surface area contributed by atoms with Crippen LogP contribution < -0.4 is 15.2 Å². The molecule has 0 aromatic heterocycles. The van der Waals surface area contributed by atoms with Crippen LogP contribution in [0.25, 0.3) is 0 Å². The summed E-state index contributed by atoms with van der Waals surface area (Å²) in [7, 11) is 1.21. The maximum atomic E-state index is 12.6. The summed E-state index contributed by atoms with van der Waals surface area (Å²) in [6, 6.07) is 4.65. The van der Waals surface area contributed by atoms with Crippen LogP contribution in [0.15, 0.2) is 18.2 Å². The number of rotatable bonds is 16. The van der Waals surface area contributed by atoms with Crippen LogP contribution in [-0.4, -0.2) is 49.4 Å². The molecule has 10 heteroatoms. The first-order chi connectivity index (χ1) is 18.4. The summed E-state index contributed by atoms with van der Waals surface area (Å²) in [4.78, 5) is 49.5. The summed E-state index contributed by atoms with van der Waals surface area (Å²) in [5.41, 5.74) is 5.39. The van der Waals surface area contributed by atoms with Crippen molar-refractivity contribution in [3.8, 4) is 11.5 Å². The number of carbonyl (C=O) groups excluding carboxylic acids is 4. The third-order valence-corrected chi connectivity index (χ3v) is 6.63. The van der Waals surface area contributed by atoms with Gasteiger partial charge < -0.3 is 29.4 Å². The smallest absolute Gasteiger partial charge is 0.468 e. The Morgan fingerprint density at radius 1 is 0.872 bits per heavy atom. The monoisotopic (exact) mass is 551 g/mol. The Balaban J connectivity index is 3.16. The van der Waals surface area contributed by atoms with Crippen molar-refractivity contribution in [1.82, 2.24) is 0 Å². The molecule has 220 valence electrons. The van der Waals surface area contributed by atoms with Gasteiger partial charge in [-0.25, -0.2) is 4.79 Å². The van der Waals surface area contributed by atoms with Gasteiger partial charge in [0.25, 0.3) is 0 Å². The van der Waals surface area contributed by atoms with Crippen molar-refractivity contribution in [1.29, 1.82) is 0 Å². The number of methoxy groups -OCH3 is 1. The average molecular weight is 552 g/mol. The molecule has 1 aromatic rings. The minimum absolute atomic E-state index is 0.0273. The van der Waals surface area contributed by atoms with Crippen molar-refractivity contribution in [2.75, 3.05) is 13.7 Å². The van der Waals surface area contributed by atoms with E-state index in [1.807, 2.05) is 34.6 Å². The fourth-order valence-electron chi connectivity index (χ4n) is 3.44. The van der Waals surface area contributed by atoms with Crippen molar-refractivity contribution in [2.24, 2.45) is 17.6 Å². The van der Waals surface area contributed by atoms with Gasteiger partial charge in [0.2, 0.25) is 0 Å². The van der Waals surface area contributed by atoms with Crippen molar-refractivity contribution in [2.45, 2.75) is 98.1 Å². The lowest BCUT2D eigenvalue weighted by atomic mass is 9.88. The van der Waals surface area contributed by atoms with Crippen LogP contribution in [0.3, 0.4) is 0 Å². The van der Waals surface area contributed by atoms with Crippen molar-refractivity contribution in [3.63, 3.8) is 0 Å². The van der Waals surface area contributed by atoms with E-state index >= 15 is 0 Å². The van der Waals surface area contributed by atoms with Gasteiger partial charge in [-0.15, -0.1) is 0 Å². The van der Waals surface area contributed by atoms with E-state index in [4.69, 9.17) is 29.4 Å². The standard InChI is InChI=1S/C29H45NO9/c1-8-19(4)15-25(31)38-23-12-11-22(17-24(23)39-26(32)16-20(5)9-2)18-29(30,27(33)35-7)13-14-36-28(34)37-21(6)10-3/h11-12,17,19-21H,8-10,13-16,18,30H2,1-7H3/t19?,20?,21-,29+/m0/s1. The van der Waals surface area contributed by atoms with Crippen LogP contribution in [0.4, 0.5) is 4.79 Å². The lowest BCUT2D eigenvalue weighted by Crippen LogP contribution is -2.51. The van der Waals surface area contributed by atoms with Gasteiger partial charge in [0.1, 0.15) is 11.6 Å². The van der Waals surface area contributed by atoms with E-state index in [1.54, 1.807) is 13.0 Å². The molecule has 4 atom stereocenters.